The summed E-state index contributed by atoms with van der Waals surface area (Å²) in [5.41, 5.74) is 0.981. The summed E-state index contributed by atoms with van der Waals surface area (Å²) in [4.78, 5) is 0.183. The van der Waals surface area contributed by atoms with Crippen LogP contribution < -0.4 is 0 Å². The molecule has 0 atom stereocenters. The number of sulfone groups is 1. The third-order valence-electron chi connectivity index (χ3n) is 2.72. The van der Waals surface area contributed by atoms with E-state index in [0.29, 0.717) is 0 Å². The lowest BCUT2D eigenvalue weighted by atomic mass is 10.1. The molecule has 1 aromatic rings. The average Bonchev–Trinajstić information content (AvgIpc) is 2.17. The third-order valence-corrected chi connectivity index (χ3v) is 4.97. The van der Waals surface area contributed by atoms with Crippen LogP contribution in [0.1, 0.15) is 5.56 Å². The molecule has 5 heteroatoms. The lowest BCUT2D eigenvalue weighted by molar-refractivity contribution is 0.0115. The van der Waals surface area contributed by atoms with E-state index >= 15 is 0 Å². The van der Waals surface area contributed by atoms with E-state index in [1.807, 2.05) is 13.0 Å². The predicted molar refractivity (Wildman–Crippen MR) is 57.5 cm³/mol. The number of aryl methyl sites for hydroxylation is 1. The second-order valence-electron chi connectivity index (χ2n) is 3.92. The summed E-state index contributed by atoms with van der Waals surface area (Å²) in [5.74, 6) is 0. The quantitative estimate of drug-likeness (QED) is 0.771. The van der Waals surface area contributed by atoms with E-state index in [1.54, 1.807) is 12.1 Å². The molecule has 1 aliphatic heterocycles. The second-order valence-corrected chi connectivity index (χ2v) is 6.18. The minimum atomic E-state index is -3.62. The average molecular weight is 237 g/mol. The molecule has 0 unspecified atom stereocenters. The van der Waals surface area contributed by atoms with Crippen molar-refractivity contribution in [1.29, 1.82) is 5.26 Å². The normalized spacial score (nSPS) is 18.5. The number of benzene rings is 1. The van der Waals surface area contributed by atoms with Crippen molar-refractivity contribution in [3.63, 3.8) is 0 Å². The van der Waals surface area contributed by atoms with Crippen molar-refractivity contribution in [2.75, 3.05) is 13.2 Å². The van der Waals surface area contributed by atoms with Crippen molar-refractivity contribution >= 4 is 9.84 Å². The van der Waals surface area contributed by atoms with Crippen molar-refractivity contribution in [2.45, 2.75) is 16.6 Å². The van der Waals surface area contributed by atoms with Crippen LogP contribution in [0.5, 0.6) is 0 Å². The summed E-state index contributed by atoms with van der Waals surface area (Å²) >= 11 is 0. The SMILES string of the molecule is Cc1ccc(S(=O)(=O)C2(C#N)COC2)cc1. The topological polar surface area (TPSA) is 67.2 Å². The van der Waals surface area contributed by atoms with Gasteiger partial charge < -0.3 is 4.74 Å². The molecule has 1 aromatic carbocycles. The van der Waals surface area contributed by atoms with Crippen LogP contribution in [-0.2, 0) is 14.6 Å². The first kappa shape index (κ1) is 11.1. The maximum absolute atomic E-state index is 12.2. The van der Waals surface area contributed by atoms with Crippen LogP contribution in [-0.4, -0.2) is 26.4 Å². The van der Waals surface area contributed by atoms with Gasteiger partial charge in [-0.3, -0.25) is 0 Å². The van der Waals surface area contributed by atoms with Crippen LogP contribution in [0.25, 0.3) is 0 Å². The Hall–Kier alpha value is -1.38. The van der Waals surface area contributed by atoms with Gasteiger partial charge in [0.2, 0.25) is 14.6 Å². The first-order valence-corrected chi connectivity index (χ1v) is 6.30. The minimum absolute atomic E-state index is 0.0420. The maximum atomic E-state index is 12.2. The van der Waals surface area contributed by atoms with E-state index in [0.717, 1.165) is 5.56 Å². The molecule has 0 radical (unpaired) electrons. The Morgan fingerprint density at radius 3 is 2.25 bits per heavy atom. The van der Waals surface area contributed by atoms with E-state index in [4.69, 9.17) is 10.00 Å². The van der Waals surface area contributed by atoms with Gasteiger partial charge in [-0.2, -0.15) is 5.26 Å². The molecular weight excluding hydrogens is 226 g/mol. The Morgan fingerprint density at radius 1 is 1.31 bits per heavy atom. The van der Waals surface area contributed by atoms with Crippen molar-refractivity contribution in [2.24, 2.45) is 0 Å². The number of rotatable bonds is 2. The Morgan fingerprint density at radius 2 is 1.88 bits per heavy atom. The first-order chi connectivity index (χ1) is 7.52. The zero-order valence-corrected chi connectivity index (χ0v) is 9.62. The van der Waals surface area contributed by atoms with Crippen LogP contribution in [0, 0.1) is 18.3 Å². The zero-order chi connectivity index (χ0) is 11.8. The Balaban J connectivity index is 2.48. The summed E-state index contributed by atoms with van der Waals surface area (Å²) in [5, 5.41) is 8.98. The molecule has 0 saturated carbocycles. The van der Waals surface area contributed by atoms with Gasteiger partial charge in [-0.15, -0.1) is 0 Å². The van der Waals surface area contributed by atoms with E-state index < -0.39 is 14.6 Å². The Kier molecular flexibility index (Phi) is 2.49. The smallest absolute Gasteiger partial charge is 0.208 e. The molecule has 1 aliphatic rings. The molecule has 0 amide bonds. The molecule has 2 rings (SSSR count). The summed E-state index contributed by atoms with van der Waals surface area (Å²) in [7, 11) is -3.62. The first-order valence-electron chi connectivity index (χ1n) is 4.82. The summed E-state index contributed by atoms with van der Waals surface area (Å²) < 4.78 is 27.8. The largest absolute Gasteiger partial charge is 0.376 e. The second kappa shape index (κ2) is 3.58. The highest BCUT2D eigenvalue weighted by Gasteiger charge is 2.52. The zero-order valence-electron chi connectivity index (χ0n) is 8.80. The summed E-state index contributed by atoms with van der Waals surface area (Å²) in [6.45, 7) is 1.79. The van der Waals surface area contributed by atoms with Crippen LogP contribution >= 0.6 is 0 Å². The highest BCUT2D eigenvalue weighted by atomic mass is 32.2. The molecule has 0 aliphatic carbocycles. The summed E-state index contributed by atoms with van der Waals surface area (Å²) in [6.07, 6.45) is 0. The lowest BCUT2D eigenvalue weighted by Gasteiger charge is -2.34. The molecule has 84 valence electrons. The van der Waals surface area contributed by atoms with Gasteiger partial charge in [-0.1, -0.05) is 17.7 Å². The molecule has 4 nitrogen and oxygen atoms in total. The van der Waals surface area contributed by atoms with Crippen molar-refractivity contribution in [1.82, 2.24) is 0 Å². The van der Waals surface area contributed by atoms with Gasteiger partial charge in [-0.25, -0.2) is 8.42 Å². The number of hydrogen-bond donors (Lipinski definition) is 0. The lowest BCUT2D eigenvalue weighted by Crippen LogP contribution is -2.54. The maximum Gasteiger partial charge on any atom is 0.208 e. The van der Waals surface area contributed by atoms with Gasteiger partial charge in [0.25, 0.3) is 0 Å². The van der Waals surface area contributed by atoms with Crippen LogP contribution in [0.4, 0.5) is 0 Å². The molecule has 0 aromatic heterocycles. The van der Waals surface area contributed by atoms with Crippen molar-refractivity contribution < 1.29 is 13.2 Å². The fourth-order valence-electron chi connectivity index (χ4n) is 1.51. The van der Waals surface area contributed by atoms with Gasteiger partial charge >= 0.3 is 0 Å². The molecule has 16 heavy (non-hydrogen) atoms. The van der Waals surface area contributed by atoms with Crippen LogP contribution in [0.15, 0.2) is 29.2 Å². The van der Waals surface area contributed by atoms with Gasteiger partial charge in [0.05, 0.1) is 24.2 Å². The molecule has 0 spiro atoms. The van der Waals surface area contributed by atoms with E-state index in [9.17, 15) is 8.42 Å². The van der Waals surface area contributed by atoms with Gasteiger partial charge in [-0.05, 0) is 19.1 Å². The fourth-order valence-corrected chi connectivity index (χ4v) is 3.05. The number of hydrogen-bond acceptors (Lipinski definition) is 4. The van der Waals surface area contributed by atoms with E-state index in [1.165, 1.54) is 12.1 Å². The molecular formula is C11H11NO3S. The molecule has 1 fully saturated rings. The molecule has 1 heterocycles. The number of nitriles is 1. The van der Waals surface area contributed by atoms with E-state index in [2.05, 4.69) is 0 Å². The standard InChI is InChI=1S/C11H11NO3S/c1-9-2-4-10(5-3-9)16(13,14)11(6-12)7-15-8-11/h2-5H,7-8H2,1H3. The number of nitrogens with zero attached hydrogens (tertiary/aromatic N) is 1. The van der Waals surface area contributed by atoms with Crippen LogP contribution in [0.3, 0.4) is 0 Å². The Labute approximate surface area is 94.4 Å². The monoisotopic (exact) mass is 237 g/mol. The van der Waals surface area contributed by atoms with Gasteiger partial charge in [0.15, 0.2) is 0 Å². The number of ether oxygens (including phenoxy) is 1. The Bertz CT molecular complexity index is 536. The highest BCUT2D eigenvalue weighted by molar-refractivity contribution is 7.93. The van der Waals surface area contributed by atoms with E-state index in [-0.39, 0.29) is 18.1 Å². The van der Waals surface area contributed by atoms with Gasteiger partial charge in [0.1, 0.15) is 0 Å². The van der Waals surface area contributed by atoms with Gasteiger partial charge in [0, 0.05) is 0 Å². The van der Waals surface area contributed by atoms with Crippen molar-refractivity contribution in [3.8, 4) is 6.07 Å². The minimum Gasteiger partial charge on any atom is -0.376 e. The summed E-state index contributed by atoms with van der Waals surface area (Å²) in [6, 6.07) is 8.35. The molecule has 1 saturated heterocycles. The highest BCUT2D eigenvalue weighted by Crippen LogP contribution is 2.32. The fraction of sp³-hybridized carbons (Fsp3) is 0.364. The van der Waals surface area contributed by atoms with Crippen molar-refractivity contribution in [3.05, 3.63) is 29.8 Å². The third kappa shape index (κ3) is 1.42. The molecule has 0 bridgehead atoms. The van der Waals surface area contributed by atoms with Crippen LogP contribution in [0.2, 0.25) is 0 Å². The molecule has 0 N–H and O–H groups in total. The predicted octanol–water partition coefficient (Wildman–Crippen LogP) is 1.06.